The lowest BCUT2D eigenvalue weighted by Gasteiger charge is -2.15. The molecular formula is C14H22O2SSi. The lowest BCUT2D eigenvalue weighted by molar-refractivity contribution is -0.142. The Morgan fingerprint density at radius 3 is 2.44 bits per heavy atom. The molecule has 0 atom stereocenters. The molecular weight excluding hydrogens is 260 g/mol. The lowest BCUT2D eigenvalue weighted by Crippen LogP contribution is -2.22. The first-order chi connectivity index (χ1) is 8.41. The molecule has 0 aromatic carbocycles. The van der Waals surface area contributed by atoms with Crippen LogP contribution < -0.4 is 4.50 Å². The molecule has 0 amide bonds. The smallest absolute Gasteiger partial charge is 0.333 e. The summed E-state index contributed by atoms with van der Waals surface area (Å²) in [7, 11) is -0.530. The summed E-state index contributed by atoms with van der Waals surface area (Å²) < 4.78 is 6.72. The van der Waals surface area contributed by atoms with Crippen LogP contribution in [0.5, 0.6) is 0 Å². The van der Waals surface area contributed by atoms with Crippen LogP contribution in [0.2, 0.25) is 0 Å². The van der Waals surface area contributed by atoms with Crippen LogP contribution in [-0.2, 0) is 9.53 Å². The molecule has 0 aliphatic rings. The van der Waals surface area contributed by atoms with Gasteiger partial charge in [0.25, 0.3) is 0 Å². The van der Waals surface area contributed by atoms with Gasteiger partial charge in [-0.1, -0.05) is 31.2 Å². The van der Waals surface area contributed by atoms with Gasteiger partial charge < -0.3 is 4.74 Å². The minimum Gasteiger partial charge on any atom is -0.460 e. The summed E-state index contributed by atoms with van der Waals surface area (Å²) in [6, 6.07) is 4.24. The van der Waals surface area contributed by atoms with Crippen molar-refractivity contribution in [3.05, 3.63) is 28.3 Å². The summed E-state index contributed by atoms with van der Waals surface area (Å²) in [4.78, 5) is 12.0. The summed E-state index contributed by atoms with van der Waals surface area (Å²) in [5.41, 5.74) is 0.818. The zero-order valence-corrected chi connectivity index (χ0v) is 14.0. The summed E-state index contributed by atoms with van der Waals surface area (Å²) in [6.45, 7) is 9.98. The van der Waals surface area contributed by atoms with Crippen LogP contribution in [-0.4, -0.2) is 21.6 Å². The van der Waals surface area contributed by atoms with Gasteiger partial charge in [0, 0.05) is 5.57 Å². The van der Waals surface area contributed by atoms with Gasteiger partial charge in [-0.25, -0.2) is 4.79 Å². The zero-order chi connectivity index (χ0) is 13.7. The summed E-state index contributed by atoms with van der Waals surface area (Å²) in [5.74, 6) is 0.260. The van der Waals surface area contributed by atoms with Gasteiger partial charge in [-0.15, -0.1) is 0 Å². The highest BCUT2D eigenvalue weighted by Crippen LogP contribution is 2.16. The number of esters is 1. The largest absolute Gasteiger partial charge is 0.460 e. The predicted octanol–water partition coefficient (Wildman–Crippen LogP) is 2.42. The van der Waals surface area contributed by atoms with Gasteiger partial charge in [0.15, 0.2) is 0 Å². The van der Waals surface area contributed by atoms with Crippen molar-refractivity contribution in [2.24, 2.45) is 5.92 Å². The predicted molar refractivity (Wildman–Crippen MR) is 81.3 cm³/mol. The number of ether oxygens (including phenoxy) is 1. The third-order valence-electron chi connectivity index (χ3n) is 2.77. The SMILES string of the molecule is CC(C(=O)OC(C)C)=C([SiH2]c1cccs1)C(C)C. The van der Waals surface area contributed by atoms with E-state index < -0.39 is 9.52 Å². The number of thiophene rings is 1. The van der Waals surface area contributed by atoms with Crippen LogP contribution >= 0.6 is 11.3 Å². The van der Waals surface area contributed by atoms with Crippen LogP contribution in [0, 0.1) is 5.92 Å². The van der Waals surface area contributed by atoms with Gasteiger partial charge in [-0.05, 0) is 36.6 Å². The highest BCUT2D eigenvalue weighted by Gasteiger charge is 2.17. The fraction of sp³-hybridized carbons (Fsp3) is 0.500. The van der Waals surface area contributed by atoms with Gasteiger partial charge in [0.1, 0.15) is 0 Å². The maximum absolute atomic E-state index is 12.0. The Labute approximate surface area is 116 Å². The average Bonchev–Trinajstić information content (AvgIpc) is 2.76. The molecule has 0 saturated carbocycles. The van der Waals surface area contributed by atoms with E-state index in [0.29, 0.717) is 5.92 Å². The van der Waals surface area contributed by atoms with Crippen LogP contribution in [0.4, 0.5) is 0 Å². The Balaban J connectivity index is 2.91. The molecule has 4 heteroatoms. The Morgan fingerprint density at radius 1 is 1.33 bits per heavy atom. The maximum Gasteiger partial charge on any atom is 0.333 e. The molecule has 0 unspecified atom stereocenters. The molecule has 0 bridgehead atoms. The van der Waals surface area contributed by atoms with E-state index in [-0.39, 0.29) is 12.1 Å². The molecule has 1 heterocycles. The number of hydrogen-bond acceptors (Lipinski definition) is 3. The molecule has 18 heavy (non-hydrogen) atoms. The van der Waals surface area contributed by atoms with E-state index in [4.69, 9.17) is 4.74 Å². The minimum atomic E-state index is -0.530. The summed E-state index contributed by atoms with van der Waals surface area (Å²) in [6.07, 6.45) is -0.0516. The van der Waals surface area contributed by atoms with Crippen molar-refractivity contribution in [1.82, 2.24) is 0 Å². The number of rotatable bonds is 5. The van der Waals surface area contributed by atoms with Crippen LogP contribution in [0.25, 0.3) is 0 Å². The molecule has 100 valence electrons. The lowest BCUT2D eigenvalue weighted by atomic mass is 10.1. The highest BCUT2D eigenvalue weighted by atomic mass is 32.1. The molecule has 2 nitrogen and oxygen atoms in total. The molecule has 0 fully saturated rings. The second-order valence-corrected chi connectivity index (χ2v) is 8.44. The Hall–Kier alpha value is -0.873. The quantitative estimate of drug-likeness (QED) is 0.471. The van der Waals surface area contributed by atoms with E-state index in [1.807, 2.05) is 20.8 Å². The van der Waals surface area contributed by atoms with E-state index in [1.54, 1.807) is 11.3 Å². The average molecular weight is 282 g/mol. The van der Waals surface area contributed by atoms with Crippen molar-refractivity contribution in [2.45, 2.75) is 40.7 Å². The topological polar surface area (TPSA) is 26.3 Å². The van der Waals surface area contributed by atoms with Crippen LogP contribution in [0.15, 0.2) is 28.3 Å². The van der Waals surface area contributed by atoms with Crippen LogP contribution in [0.3, 0.4) is 0 Å². The highest BCUT2D eigenvalue weighted by molar-refractivity contribution is 7.20. The fourth-order valence-electron chi connectivity index (χ4n) is 1.80. The van der Waals surface area contributed by atoms with E-state index in [0.717, 1.165) is 5.57 Å². The molecule has 0 N–H and O–H groups in total. The zero-order valence-electron chi connectivity index (χ0n) is 11.8. The number of carbonyl (C=O) groups is 1. The van der Waals surface area contributed by atoms with Crippen molar-refractivity contribution >= 4 is 31.3 Å². The van der Waals surface area contributed by atoms with Gasteiger partial charge in [0.2, 0.25) is 0 Å². The first kappa shape index (κ1) is 15.2. The summed E-state index contributed by atoms with van der Waals surface area (Å²) in [5, 5.41) is 3.41. The van der Waals surface area contributed by atoms with Crippen molar-refractivity contribution < 1.29 is 9.53 Å². The van der Waals surface area contributed by atoms with Crippen molar-refractivity contribution in [3.63, 3.8) is 0 Å². The van der Waals surface area contributed by atoms with Crippen molar-refractivity contribution in [2.75, 3.05) is 0 Å². The first-order valence-electron chi connectivity index (χ1n) is 6.34. The van der Waals surface area contributed by atoms with E-state index in [1.165, 1.54) is 9.70 Å². The molecule has 1 aromatic heterocycles. The molecule has 1 aromatic rings. The second-order valence-electron chi connectivity index (χ2n) is 5.02. The molecule has 0 spiro atoms. The third-order valence-corrected chi connectivity index (χ3v) is 6.75. The molecule has 0 aliphatic carbocycles. The number of allylic oxidation sites excluding steroid dienone is 1. The van der Waals surface area contributed by atoms with Crippen molar-refractivity contribution in [3.8, 4) is 0 Å². The summed E-state index contributed by atoms with van der Waals surface area (Å²) >= 11 is 1.79. The van der Waals surface area contributed by atoms with Gasteiger partial charge >= 0.3 is 5.97 Å². The molecule has 0 radical (unpaired) electrons. The van der Waals surface area contributed by atoms with Gasteiger partial charge in [-0.2, -0.15) is 11.3 Å². The van der Waals surface area contributed by atoms with E-state index in [2.05, 4.69) is 31.4 Å². The first-order valence-corrected chi connectivity index (χ1v) is 8.64. The number of carbonyl (C=O) groups excluding carboxylic acids is 1. The normalized spacial score (nSPS) is 13.5. The maximum atomic E-state index is 12.0. The monoisotopic (exact) mass is 282 g/mol. The second kappa shape index (κ2) is 6.90. The third kappa shape index (κ3) is 4.42. The van der Waals surface area contributed by atoms with Crippen LogP contribution in [0.1, 0.15) is 34.6 Å². The molecule has 0 saturated heterocycles. The number of hydrogen-bond donors (Lipinski definition) is 0. The Morgan fingerprint density at radius 2 is 2.00 bits per heavy atom. The van der Waals surface area contributed by atoms with Crippen molar-refractivity contribution in [1.29, 1.82) is 0 Å². The van der Waals surface area contributed by atoms with E-state index >= 15 is 0 Å². The molecule has 0 aliphatic heterocycles. The van der Waals surface area contributed by atoms with Gasteiger partial charge in [-0.3, -0.25) is 0 Å². The Bertz CT molecular complexity index is 419. The van der Waals surface area contributed by atoms with Gasteiger partial charge in [0.05, 0.1) is 15.6 Å². The van der Waals surface area contributed by atoms with E-state index in [9.17, 15) is 4.79 Å². The Kier molecular flexibility index (Phi) is 5.82. The fourth-order valence-corrected chi connectivity index (χ4v) is 4.83. The molecule has 1 rings (SSSR count). The standard InChI is InChI=1S/C14H22O2SSi/c1-9(2)13(18-12-7-6-8-17-12)11(5)14(15)16-10(3)4/h6-10H,18H2,1-5H3. The minimum absolute atomic E-state index is 0.0516.